The standard InChI is InChI=1S/C11H13N3O2S/c1-4-17-11-9(1)10(13-7-14-11)16-6-8-5-12-2-3-15-8/h1,4,7-8,12H,2-3,5-6H2. The molecule has 3 rings (SSSR count). The molecule has 1 saturated heterocycles. The maximum absolute atomic E-state index is 5.71. The normalized spacial score (nSPS) is 20.6. The van der Waals surface area contributed by atoms with Crippen LogP contribution in [-0.4, -0.2) is 42.4 Å². The molecule has 0 radical (unpaired) electrons. The van der Waals surface area contributed by atoms with Crippen molar-refractivity contribution in [1.29, 1.82) is 0 Å². The highest BCUT2D eigenvalue weighted by Gasteiger charge is 2.15. The van der Waals surface area contributed by atoms with Crippen LogP contribution in [0.3, 0.4) is 0 Å². The molecule has 2 aromatic rings. The lowest BCUT2D eigenvalue weighted by Crippen LogP contribution is -2.41. The largest absolute Gasteiger partial charge is 0.474 e. The van der Waals surface area contributed by atoms with Crippen molar-refractivity contribution in [2.24, 2.45) is 0 Å². The van der Waals surface area contributed by atoms with E-state index in [0.29, 0.717) is 12.5 Å². The first kappa shape index (κ1) is 10.9. The number of aromatic nitrogens is 2. The topological polar surface area (TPSA) is 56.3 Å². The number of rotatable bonds is 3. The van der Waals surface area contributed by atoms with Gasteiger partial charge in [-0.05, 0) is 11.4 Å². The molecule has 5 nitrogen and oxygen atoms in total. The molecule has 0 aromatic carbocycles. The van der Waals surface area contributed by atoms with Gasteiger partial charge in [0.2, 0.25) is 5.88 Å². The van der Waals surface area contributed by atoms with E-state index >= 15 is 0 Å². The van der Waals surface area contributed by atoms with Crippen LogP contribution in [0.15, 0.2) is 17.8 Å². The van der Waals surface area contributed by atoms with Gasteiger partial charge in [0.1, 0.15) is 23.9 Å². The highest BCUT2D eigenvalue weighted by Crippen LogP contribution is 2.25. The second-order valence-corrected chi connectivity index (χ2v) is 4.72. The third-order valence-electron chi connectivity index (χ3n) is 2.64. The number of ether oxygens (including phenoxy) is 2. The number of morpholine rings is 1. The summed E-state index contributed by atoms with van der Waals surface area (Å²) in [4.78, 5) is 9.30. The Balaban J connectivity index is 1.69. The summed E-state index contributed by atoms with van der Waals surface area (Å²) in [6, 6.07) is 1.98. The van der Waals surface area contributed by atoms with E-state index in [9.17, 15) is 0 Å². The molecule has 3 heterocycles. The molecule has 1 fully saturated rings. The second kappa shape index (κ2) is 4.95. The zero-order valence-corrected chi connectivity index (χ0v) is 10.1. The first-order valence-electron chi connectivity index (χ1n) is 5.57. The van der Waals surface area contributed by atoms with Crippen LogP contribution >= 0.6 is 11.3 Å². The van der Waals surface area contributed by atoms with Crippen molar-refractivity contribution in [1.82, 2.24) is 15.3 Å². The van der Waals surface area contributed by atoms with Gasteiger partial charge in [-0.15, -0.1) is 11.3 Å². The minimum Gasteiger partial charge on any atom is -0.474 e. The second-order valence-electron chi connectivity index (χ2n) is 3.83. The average Bonchev–Trinajstić information content (AvgIpc) is 2.86. The van der Waals surface area contributed by atoms with Gasteiger partial charge < -0.3 is 14.8 Å². The fourth-order valence-electron chi connectivity index (χ4n) is 1.78. The van der Waals surface area contributed by atoms with Crippen LogP contribution in [0.4, 0.5) is 0 Å². The Labute approximate surface area is 103 Å². The molecule has 0 spiro atoms. The lowest BCUT2D eigenvalue weighted by atomic mass is 10.3. The molecule has 90 valence electrons. The first-order chi connectivity index (χ1) is 8.43. The quantitative estimate of drug-likeness (QED) is 0.884. The summed E-state index contributed by atoms with van der Waals surface area (Å²) in [6.45, 7) is 3.01. The first-order valence-corrected chi connectivity index (χ1v) is 6.45. The molecule has 0 bridgehead atoms. The van der Waals surface area contributed by atoms with Gasteiger partial charge in [-0.2, -0.15) is 0 Å². The molecule has 1 aliphatic rings. The van der Waals surface area contributed by atoms with Gasteiger partial charge in [-0.25, -0.2) is 9.97 Å². The number of hydrogen-bond acceptors (Lipinski definition) is 6. The minimum absolute atomic E-state index is 0.104. The monoisotopic (exact) mass is 251 g/mol. The fourth-order valence-corrected chi connectivity index (χ4v) is 2.50. The van der Waals surface area contributed by atoms with Gasteiger partial charge in [0.05, 0.1) is 12.0 Å². The van der Waals surface area contributed by atoms with E-state index in [1.165, 1.54) is 6.33 Å². The predicted octanol–water partition coefficient (Wildman–Crippen LogP) is 1.06. The van der Waals surface area contributed by atoms with E-state index in [1.807, 2.05) is 11.4 Å². The van der Waals surface area contributed by atoms with Crippen molar-refractivity contribution in [2.45, 2.75) is 6.10 Å². The third kappa shape index (κ3) is 2.38. The van der Waals surface area contributed by atoms with Gasteiger partial charge in [0.25, 0.3) is 0 Å². The van der Waals surface area contributed by atoms with Gasteiger partial charge in [-0.3, -0.25) is 0 Å². The fraction of sp³-hybridized carbons (Fsp3) is 0.455. The van der Waals surface area contributed by atoms with Crippen LogP contribution in [0, 0.1) is 0 Å². The Morgan fingerprint density at radius 2 is 2.53 bits per heavy atom. The van der Waals surface area contributed by atoms with E-state index < -0.39 is 0 Å². The summed E-state index contributed by atoms with van der Waals surface area (Å²) in [5, 5.41) is 6.23. The van der Waals surface area contributed by atoms with Crippen LogP contribution < -0.4 is 10.1 Å². The number of thiophene rings is 1. The number of nitrogens with zero attached hydrogens (tertiary/aromatic N) is 2. The Morgan fingerprint density at radius 1 is 1.53 bits per heavy atom. The van der Waals surface area contributed by atoms with Crippen molar-refractivity contribution < 1.29 is 9.47 Å². The summed E-state index contributed by atoms with van der Waals surface area (Å²) in [7, 11) is 0. The maximum atomic E-state index is 5.71. The van der Waals surface area contributed by atoms with Crippen molar-refractivity contribution >= 4 is 21.6 Å². The summed E-state index contributed by atoms with van der Waals surface area (Å²) in [5.41, 5.74) is 0. The Kier molecular flexibility index (Phi) is 3.17. The molecular weight excluding hydrogens is 238 g/mol. The van der Waals surface area contributed by atoms with Gasteiger partial charge in [0, 0.05) is 13.1 Å². The van der Waals surface area contributed by atoms with Crippen LogP contribution in [0.2, 0.25) is 0 Å². The van der Waals surface area contributed by atoms with E-state index in [-0.39, 0.29) is 6.10 Å². The minimum atomic E-state index is 0.104. The van der Waals surface area contributed by atoms with E-state index in [1.54, 1.807) is 11.3 Å². The Hall–Kier alpha value is -1.24. The number of fused-ring (bicyclic) bond motifs is 1. The molecule has 6 heteroatoms. The summed E-state index contributed by atoms with van der Waals surface area (Å²) in [6.07, 6.45) is 1.64. The summed E-state index contributed by atoms with van der Waals surface area (Å²) in [5.74, 6) is 0.644. The zero-order valence-electron chi connectivity index (χ0n) is 9.26. The predicted molar refractivity (Wildman–Crippen MR) is 65.5 cm³/mol. The van der Waals surface area contributed by atoms with Crippen LogP contribution in [0.25, 0.3) is 10.2 Å². The summed E-state index contributed by atoms with van der Waals surface area (Å²) >= 11 is 1.59. The smallest absolute Gasteiger partial charge is 0.225 e. The SMILES string of the molecule is c1nc(OCC2CNCCO2)c2ccsc2n1. The van der Waals surface area contributed by atoms with Gasteiger partial charge >= 0.3 is 0 Å². The zero-order chi connectivity index (χ0) is 11.5. The molecule has 1 atom stereocenters. The molecule has 1 N–H and O–H groups in total. The van der Waals surface area contributed by atoms with Crippen molar-refractivity contribution in [3.8, 4) is 5.88 Å². The third-order valence-corrected chi connectivity index (χ3v) is 3.46. The van der Waals surface area contributed by atoms with Gasteiger partial charge in [0.15, 0.2) is 0 Å². The van der Waals surface area contributed by atoms with Crippen LogP contribution in [0.5, 0.6) is 5.88 Å². The average molecular weight is 251 g/mol. The number of nitrogens with one attached hydrogen (secondary N) is 1. The van der Waals surface area contributed by atoms with E-state index in [0.717, 1.165) is 29.9 Å². The molecule has 0 aliphatic carbocycles. The molecule has 0 amide bonds. The van der Waals surface area contributed by atoms with Gasteiger partial charge in [-0.1, -0.05) is 0 Å². The highest BCUT2D eigenvalue weighted by atomic mass is 32.1. The Bertz CT molecular complexity index is 496. The van der Waals surface area contributed by atoms with Crippen LogP contribution in [-0.2, 0) is 4.74 Å². The van der Waals surface area contributed by atoms with Crippen molar-refractivity contribution in [2.75, 3.05) is 26.3 Å². The highest BCUT2D eigenvalue weighted by molar-refractivity contribution is 7.16. The van der Waals surface area contributed by atoms with E-state index in [4.69, 9.17) is 9.47 Å². The van der Waals surface area contributed by atoms with E-state index in [2.05, 4.69) is 15.3 Å². The van der Waals surface area contributed by atoms with Crippen LogP contribution in [0.1, 0.15) is 0 Å². The molecule has 1 unspecified atom stereocenters. The molecule has 1 aliphatic heterocycles. The lowest BCUT2D eigenvalue weighted by molar-refractivity contribution is -0.000402. The summed E-state index contributed by atoms with van der Waals surface area (Å²) < 4.78 is 11.3. The molecule has 2 aromatic heterocycles. The maximum Gasteiger partial charge on any atom is 0.225 e. The Morgan fingerprint density at radius 3 is 3.41 bits per heavy atom. The molecule has 17 heavy (non-hydrogen) atoms. The van der Waals surface area contributed by atoms with Crippen molar-refractivity contribution in [3.05, 3.63) is 17.8 Å². The van der Waals surface area contributed by atoms with Crippen molar-refractivity contribution in [3.63, 3.8) is 0 Å². The lowest BCUT2D eigenvalue weighted by Gasteiger charge is -2.23. The molecular formula is C11H13N3O2S. The molecule has 0 saturated carbocycles. The number of hydrogen-bond donors (Lipinski definition) is 1.